The van der Waals surface area contributed by atoms with Gasteiger partial charge < -0.3 is 5.84 Å². The first-order chi connectivity index (χ1) is 11.9. The maximum Gasteiger partial charge on any atom is 0.416 e. The predicted octanol–water partition coefficient (Wildman–Crippen LogP) is 4.62. The summed E-state index contributed by atoms with van der Waals surface area (Å²) < 4.78 is 40.3. The fourth-order valence-corrected chi connectivity index (χ4v) is 3.35. The van der Waals surface area contributed by atoms with Crippen LogP contribution in [-0.2, 0) is 11.9 Å². The zero-order valence-corrected chi connectivity index (χ0v) is 14.2. The van der Waals surface area contributed by atoms with Gasteiger partial charge in [-0.2, -0.15) is 13.2 Å². The van der Waals surface area contributed by atoms with Crippen molar-refractivity contribution >= 4 is 23.4 Å². The summed E-state index contributed by atoms with van der Waals surface area (Å²) in [4.78, 5) is 0. The van der Waals surface area contributed by atoms with Crippen molar-refractivity contribution in [1.82, 2.24) is 14.9 Å². The zero-order valence-electron chi connectivity index (χ0n) is 12.7. The molecule has 4 nitrogen and oxygen atoms in total. The van der Waals surface area contributed by atoms with E-state index in [-0.39, 0.29) is 11.3 Å². The van der Waals surface area contributed by atoms with Crippen LogP contribution in [0.25, 0.3) is 11.4 Å². The maximum atomic E-state index is 13.0. The average Bonchev–Trinajstić information content (AvgIpc) is 2.93. The molecular formula is C16H12ClF3N4S. The predicted molar refractivity (Wildman–Crippen MR) is 91.6 cm³/mol. The van der Waals surface area contributed by atoms with Crippen LogP contribution in [0.4, 0.5) is 13.2 Å². The van der Waals surface area contributed by atoms with Gasteiger partial charge in [0, 0.05) is 11.3 Å². The molecule has 0 saturated carbocycles. The molecule has 0 spiro atoms. The van der Waals surface area contributed by atoms with Crippen molar-refractivity contribution in [2.45, 2.75) is 17.1 Å². The van der Waals surface area contributed by atoms with E-state index >= 15 is 0 Å². The average molecular weight is 385 g/mol. The molecule has 0 atom stereocenters. The molecule has 2 aromatic carbocycles. The summed E-state index contributed by atoms with van der Waals surface area (Å²) >= 11 is 7.19. The Labute approximate surface area is 150 Å². The summed E-state index contributed by atoms with van der Waals surface area (Å²) in [7, 11) is 0. The molecule has 0 aliphatic carbocycles. The molecule has 0 fully saturated rings. The van der Waals surface area contributed by atoms with Crippen LogP contribution >= 0.6 is 23.4 Å². The van der Waals surface area contributed by atoms with Crippen LogP contribution in [0.5, 0.6) is 0 Å². The third-order valence-corrected chi connectivity index (χ3v) is 4.78. The van der Waals surface area contributed by atoms with Gasteiger partial charge in [-0.05, 0) is 23.8 Å². The number of hydrogen-bond donors (Lipinski definition) is 1. The highest BCUT2D eigenvalue weighted by atomic mass is 35.5. The van der Waals surface area contributed by atoms with E-state index < -0.39 is 11.7 Å². The second-order valence-electron chi connectivity index (χ2n) is 5.10. The number of alkyl halides is 3. The number of aromatic nitrogens is 3. The van der Waals surface area contributed by atoms with Gasteiger partial charge >= 0.3 is 6.18 Å². The van der Waals surface area contributed by atoms with Crippen LogP contribution in [0.2, 0.25) is 5.02 Å². The topological polar surface area (TPSA) is 56.7 Å². The molecule has 0 unspecified atom stereocenters. The van der Waals surface area contributed by atoms with Crippen LogP contribution in [-0.4, -0.2) is 14.9 Å². The Balaban J connectivity index is 1.84. The second-order valence-corrected chi connectivity index (χ2v) is 6.45. The minimum Gasteiger partial charge on any atom is -0.335 e. The molecule has 0 aliphatic heterocycles. The monoisotopic (exact) mass is 384 g/mol. The normalized spacial score (nSPS) is 11.7. The van der Waals surface area contributed by atoms with Crippen LogP contribution in [0.1, 0.15) is 11.1 Å². The first kappa shape index (κ1) is 17.6. The van der Waals surface area contributed by atoms with E-state index in [4.69, 9.17) is 17.4 Å². The number of rotatable bonds is 4. The number of halogens is 4. The summed E-state index contributed by atoms with van der Waals surface area (Å²) in [5, 5.41) is 8.70. The highest BCUT2D eigenvalue weighted by Crippen LogP contribution is 2.35. The van der Waals surface area contributed by atoms with Crippen molar-refractivity contribution in [3.63, 3.8) is 0 Å². The number of hydrogen-bond acceptors (Lipinski definition) is 4. The quantitative estimate of drug-likeness (QED) is 0.526. The van der Waals surface area contributed by atoms with Crippen LogP contribution in [0.3, 0.4) is 0 Å². The Hall–Kier alpha value is -2.19. The fourth-order valence-electron chi connectivity index (χ4n) is 2.27. The Morgan fingerprint density at radius 2 is 1.72 bits per heavy atom. The molecule has 0 saturated heterocycles. The molecule has 0 aliphatic rings. The summed E-state index contributed by atoms with van der Waals surface area (Å²) in [5.41, 5.74) is 0.0842. The van der Waals surface area contributed by atoms with Gasteiger partial charge in [-0.25, -0.2) is 4.68 Å². The van der Waals surface area contributed by atoms with Gasteiger partial charge in [0.2, 0.25) is 5.16 Å². The molecule has 3 rings (SSSR count). The van der Waals surface area contributed by atoms with Crippen molar-refractivity contribution < 1.29 is 13.2 Å². The minimum absolute atomic E-state index is 0.0630. The van der Waals surface area contributed by atoms with E-state index in [1.54, 1.807) is 30.3 Å². The lowest BCUT2D eigenvalue weighted by Gasteiger charge is -2.12. The minimum atomic E-state index is -4.41. The van der Waals surface area contributed by atoms with Crippen LogP contribution in [0.15, 0.2) is 53.7 Å². The molecular weight excluding hydrogens is 373 g/mol. The lowest BCUT2D eigenvalue weighted by molar-refractivity contribution is -0.138. The van der Waals surface area contributed by atoms with Crippen molar-refractivity contribution in [2.75, 3.05) is 5.84 Å². The van der Waals surface area contributed by atoms with Gasteiger partial charge in [0.05, 0.1) is 10.6 Å². The van der Waals surface area contributed by atoms with Crippen molar-refractivity contribution in [3.8, 4) is 11.4 Å². The Morgan fingerprint density at radius 3 is 2.44 bits per heavy atom. The van der Waals surface area contributed by atoms with Gasteiger partial charge in [-0.15, -0.1) is 10.2 Å². The molecule has 9 heteroatoms. The number of nitrogen functional groups attached to an aromatic ring is 1. The lowest BCUT2D eigenvalue weighted by atomic mass is 10.1. The van der Waals surface area contributed by atoms with Crippen LogP contribution in [0, 0.1) is 0 Å². The summed E-state index contributed by atoms with van der Waals surface area (Å²) in [6.07, 6.45) is -4.41. The molecule has 3 aromatic rings. The molecule has 2 N–H and O–H groups in total. The summed E-state index contributed by atoms with van der Waals surface area (Å²) in [6, 6.07) is 12.4. The molecule has 0 amide bonds. The molecule has 25 heavy (non-hydrogen) atoms. The highest BCUT2D eigenvalue weighted by Gasteiger charge is 2.32. The number of benzene rings is 2. The van der Waals surface area contributed by atoms with Gasteiger partial charge in [0.15, 0.2) is 5.82 Å². The molecule has 1 aromatic heterocycles. The standard InChI is InChI=1S/C16H12ClF3N4S/c17-13-8-4-2-6-11(13)14-22-23-15(24(14)21)25-9-10-5-1-3-7-12(10)16(18,19)20/h1-8H,9,21H2. The van der Waals surface area contributed by atoms with Crippen molar-refractivity contribution in [3.05, 3.63) is 64.7 Å². The SMILES string of the molecule is Nn1c(SCc2ccccc2C(F)(F)F)nnc1-c1ccccc1Cl. The molecule has 0 bridgehead atoms. The van der Waals surface area contributed by atoms with E-state index in [2.05, 4.69) is 10.2 Å². The van der Waals surface area contributed by atoms with Gasteiger partial charge in [-0.3, -0.25) is 0 Å². The summed E-state index contributed by atoms with van der Waals surface area (Å²) in [6.45, 7) is 0. The Kier molecular flexibility index (Phi) is 4.91. The van der Waals surface area contributed by atoms with E-state index in [0.717, 1.165) is 17.8 Å². The highest BCUT2D eigenvalue weighted by molar-refractivity contribution is 7.98. The number of nitrogens with zero attached hydrogens (tertiary/aromatic N) is 3. The smallest absolute Gasteiger partial charge is 0.335 e. The fraction of sp³-hybridized carbons (Fsp3) is 0.125. The van der Waals surface area contributed by atoms with E-state index in [1.165, 1.54) is 16.8 Å². The third kappa shape index (κ3) is 3.74. The maximum absolute atomic E-state index is 13.0. The third-order valence-electron chi connectivity index (χ3n) is 3.46. The molecule has 0 radical (unpaired) electrons. The lowest BCUT2D eigenvalue weighted by Crippen LogP contribution is -2.12. The molecule has 130 valence electrons. The zero-order chi connectivity index (χ0) is 18.0. The van der Waals surface area contributed by atoms with Gasteiger partial charge in [0.25, 0.3) is 0 Å². The van der Waals surface area contributed by atoms with Crippen LogP contribution < -0.4 is 5.84 Å². The Morgan fingerprint density at radius 1 is 1.04 bits per heavy atom. The summed E-state index contributed by atoms with van der Waals surface area (Å²) in [5.74, 6) is 6.39. The molecule has 1 heterocycles. The second kappa shape index (κ2) is 6.97. The van der Waals surface area contributed by atoms with Crippen molar-refractivity contribution in [1.29, 1.82) is 0 Å². The number of nitrogens with two attached hydrogens (primary N) is 1. The van der Waals surface area contributed by atoms with Gasteiger partial charge in [0.1, 0.15) is 0 Å². The largest absolute Gasteiger partial charge is 0.416 e. The Bertz CT molecular complexity index is 895. The van der Waals surface area contributed by atoms with E-state index in [1.807, 2.05) is 0 Å². The first-order valence-electron chi connectivity index (χ1n) is 7.11. The number of thioether (sulfide) groups is 1. The first-order valence-corrected chi connectivity index (χ1v) is 8.47. The van der Waals surface area contributed by atoms with Crippen molar-refractivity contribution in [2.24, 2.45) is 0 Å². The van der Waals surface area contributed by atoms with E-state index in [0.29, 0.717) is 21.6 Å². The van der Waals surface area contributed by atoms with Gasteiger partial charge in [-0.1, -0.05) is 53.7 Å². The van der Waals surface area contributed by atoms with E-state index in [9.17, 15) is 13.2 Å².